The Hall–Kier alpha value is -1.66. The van der Waals surface area contributed by atoms with Crippen molar-refractivity contribution in [2.75, 3.05) is 19.5 Å². The quantitative estimate of drug-likeness (QED) is 0.723. The number of aryl methyl sites for hydroxylation is 1. The average Bonchev–Trinajstić information content (AvgIpc) is 2.61. The predicted octanol–water partition coefficient (Wildman–Crippen LogP) is 4.74. The van der Waals surface area contributed by atoms with Crippen molar-refractivity contribution in [1.29, 1.82) is 0 Å². The Labute approximate surface area is 160 Å². The highest BCUT2D eigenvalue weighted by Crippen LogP contribution is 2.37. The first-order valence-electron chi connectivity index (χ1n) is 8.04. The summed E-state index contributed by atoms with van der Waals surface area (Å²) in [5.74, 6) is 1.36. The van der Waals surface area contributed by atoms with Crippen molar-refractivity contribution in [2.24, 2.45) is 0 Å². The van der Waals surface area contributed by atoms with Gasteiger partial charge in [-0.25, -0.2) is 0 Å². The van der Waals surface area contributed by atoms with Crippen LogP contribution in [0.5, 0.6) is 11.5 Å². The van der Waals surface area contributed by atoms with Crippen molar-refractivity contribution < 1.29 is 14.3 Å². The van der Waals surface area contributed by atoms with Crippen LogP contribution in [0.1, 0.15) is 34.5 Å². The SMILES string of the molecule is CSc1ccc(C)c(C(=O)NC(C)c2cc3c(cc2Br)OCCO3)c1. The highest BCUT2D eigenvalue weighted by molar-refractivity contribution is 9.10. The molecule has 0 saturated heterocycles. The van der Waals surface area contributed by atoms with Crippen molar-refractivity contribution in [3.05, 3.63) is 51.5 Å². The van der Waals surface area contributed by atoms with Gasteiger partial charge in [0.15, 0.2) is 11.5 Å². The largest absolute Gasteiger partial charge is 0.486 e. The Morgan fingerprint density at radius 3 is 2.56 bits per heavy atom. The maximum absolute atomic E-state index is 12.7. The summed E-state index contributed by atoms with van der Waals surface area (Å²) in [6, 6.07) is 9.58. The second-order valence-corrected chi connectivity index (χ2v) is 7.63. The van der Waals surface area contributed by atoms with Gasteiger partial charge in [-0.05, 0) is 55.5 Å². The summed E-state index contributed by atoms with van der Waals surface area (Å²) >= 11 is 5.19. The van der Waals surface area contributed by atoms with E-state index in [9.17, 15) is 4.79 Å². The molecular formula is C19H20BrNO3S. The molecule has 0 bridgehead atoms. The summed E-state index contributed by atoms with van der Waals surface area (Å²) in [5, 5.41) is 3.08. The van der Waals surface area contributed by atoms with Crippen LogP contribution in [0.25, 0.3) is 0 Å². The molecule has 0 radical (unpaired) electrons. The van der Waals surface area contributed by atoms with E-state index in [0.717, 1.165) is 26.2 Å². The lowest BCUT2D eigenvalue weighted by Gasteiger charge is -2.22. The number of rotatable bonds is 4. The third-order valence-corrected chi connectivity index (χ3v) is 5.58. The van der Waals surface area contributed by atoms with Crippen molar-refractivity contribution in [1.82, 2.24) is 5.32 Å². The van der Waals surface area contributed by atoms with E-state index in [1.165, 1.54) is 0 Å². The fraction of sp³-hybridized carbons (Fsp3) is 0.316. The Balaban J connectivity index is 1.82. The number of ether oxygens (including phenoxy) is 2. The lowest BCUT2D eigenvalue weighted by atomic mass is 10.0. The molecule has 0 fully saturated rings. The zero-order valence-corrected chi connectivity index (χ0v) is 16.8. The number of fused-ring (bicyclic) bond motifs is 1. The second-order valence-electron chi connectivity index (χ2n) is 5.89. The van der Waals surface area contributed by atoms with E-state index in [-0.39, 0.29) is 11.9 Å². The minimum Gasteiger partial charge on any atom is -0.486 e. The van der Waals surface area contributed by atoms with E-state index >= 15 is 0 Å². The number of halogens is 1. The van der Waals surface area contributed by atoms with Crippen LogP contribution in [-0.2, 0) is 0 Å². The highest BCUT2D eigenvalue weighted by atomic mass is 79.9. The maximum Gasteiger partial charge on any atom is 0.252 e. The Kier molecular flexibility index (Phi) is 5.59. The summed E-state index contributed by atoms with van der Waals surface area (Å²) in [5.41, 5.74) is 2.62. The van der Waals surface area contributed by atoms with Crippen LogP contribution >= 0.6 is 27.7 Å². The maximum atomic E-state index is 12.7. The van der Waals surface area contributed by atoms with Crippen LogP contribution in [0.3, 0.4) is 0 Å². The van der Waals surface area contributed by atoms with Gasteiger partial charge in [0.05, 0.1) is 6.04 Å². The number of nitrogens with one attached hydrogen (secondary N) is 1. The molecule has 1 heterocycles. The van der Waals surface area contributed by atoms with E-state index < -0.39 is 0 Å². The first-order valence-corrected chi connectivity index (χ1v) is 10.1. The first-order chi connectivity index (χ1) is 12.0. The van der Waals surface area contributed by atoms with Crippen LogP contribution in [0.4, 0.5) is 0 Å². The molecule has 4 nitrogen and oxygen atoms in total. The van der Waals surface area contributed by atoms with Crippen molar-refractivity contribution >= 4 is 33.6 Å². The number of carbonyl (C=O) groups is 1. The van der Waals surface area contributed by atoms with Gasteiger partial charge in [0, 0.05) is 14.9 Å². The third kappa shape index (κ3) is 3.96. The van der Waals surface area contributed by atoms with Gasteiger partial charge in [-0.2, -0.15) is 0 Å². The summed E-state index contributed by atoms with van der Waals surface area (Å²) in [4.78, 5) is 13.8. The number of thioether (sulfide) groups is 1. The molecule has 0 saturated carbocycles. The van der Waals surface area contributed by atoms with Crippen LogP contribution < -0.4 is 14.8 Å². The van der Waals surface area contributed by atoms with Gasteiger partial charge >= 0.3 is 0 Å². The van der Waals surface area contributed by atoms with Gasteiger partial charge < -0.3 is 14.8 Å². The zero-order chi connectivity index (χ0) is 18.0. The molecular weight excluding hydrogens is 402 g/mol. The van der Waals surface area contributed by atoms with E-state index in [1.807, 2.05) is 50.4 Å². The van der Waals surface area contributed by atoms with Crippen LogP contribution in [0.2, 0.25) is 0 Å². The number of hydrogen-bond acceptors (Lipinski definition) is 4. The first kappa shape index (κ1) is 18.1. The van der Waals surface area contributed by atoms with Gasteiger partial charge in [-0.15, -0.1) is 11.8 Å². The molecule has 0 spiro atoms. The Bertz CT molecular complexity index is 809. The molecule has 1 aliphatic rings. The monoisotopic (exact) mass is 421 g/mol. The fourth-order valence-corrected chi connectivity index (χ4v) is 3.84. The minimum atomic E-state index is -0.171. The molecule has 6 heteroatoms. The lowest BCUT2D eigenvalue weighted by molar-refractivity contribution is 0.0938. The smallest absolute Gasteiger partial charge is 0.252 e. The summed E-state index contributed by atoms with van der Waals surface area (Å²) in [7, 11) is 0. The van der Waals surface area contributed by atoms with Crippen LogP contribution in [0.15, 0.2) is 39.7 Å². The molecule has 132 valence electrons. The summed E-state index contributed by atoms with van der Waals surface area (Å²) in [6.07, 6.45) is 2.00. The standard InChI is InChI=1S/C19H20BrNO3S/c1-11-4-5-13(25-3)8-14(11)19(22)21-12(2)15-9-17-18(10-16(15)20)24-7-6-23-17/h4-5,8-10,12H,6-7H2,1-3H3,(H,21,22). The minimum absolute atomic E-state index is 0.0808. The molecule has 25 heavy (non-hydrogen) atoms. The third-order valence-electron chi connectivity index (χ3n) is 4.16. The molecule has 1 amide bonds. The lowest BCUT2D eigenvalue weighted by Crippen LogP contribution is -2.27. The van der Waals surface area contributed by atoms with Gasteiger partial charge in [0.1, 0.15) is 13.2 Å². The number of carbonyl (C=O) groups excluding carboxylic acids is 1. The molecule has 2 aromatic carbocycles. The van der Waals surface area contributed by atoms with Gasteiger partial charge in [0.2, 0.25) is 0 Å². The van der Waals surface area contributed by atoms with Crippen molar-refractivity contribution in [3.63, 3.8) is 0 Å². The summed E-state index contributed by atoms with van der Waals surface area (Å²) in [6.45, 7) is 5.00. The van der Waals surface area contributed by atoms with E-state index in [2.05, 4.69) is 21.2 Å². The molecule has 1 unspecified atom stereocenters. The van der Waals surface area contributed by atoms with Gasteiger partial charge in [-0.1, -0.05) is 22.0 Å². The number of benzene rings is 2. The molecule has 3 rings (SSSR count). The Morgan fingerprint density at radius 2 is 1.88 bits per heavy atom. The molecule has 0 aliphatic carbocycles. The number of hydrogen-bond donors (Lipinski definition) is 1. The fourth-order valence-electron chi connectivity index (χ4n) is 2.74. The van der Waals surface area contributed by atoms with Gasteiger partial charge in [-0.3, -0.25) is 4.79 Å². The number of amides is 1. The molecule has 2 aromatic rings. The topological polar surface area (TPSA) is 47.6 Å². The van der Waals surface area contributed by atoms with E-state index in [4.69, 9.17) is 9.47 Å². The van der Waals surface area contributed by atoms with Gasteiger partial charge in [0.25, 0.3) is 5.91 Å². The average molecular weight is 422 g/mol. The Morgan fingerprint density at radius 1 is 1.20 bits per heavy atom. The normalized spacial score (nSPS) is 14.1. The molecule has 1 atom stereocenters. The molecule has 1 N–H and O–H groups in total. The second kappa shape index (κ2) is 7.70. The predicted molar refractivity (Wildman–Crippen MR) is 104 cm³/mol. The molecule has 0 aromatic heterocycles. The zero-order valence-electron chi connectivity index (χ0n) is 14.4. The van der Waals surface area contributed by atoms with E-state index in [1.54, 1.807) is 11.8 Å². The van der Waals surface area contributed by atoms with Crippen molar-refractivity contribution in [2.45, 2.75) is 24.8 Å². The van der Waals surface area contributed by atoms with Crippen LogP contribution in [0, 0.1) is 6.92 Å². The summed E-state index contributed by atoms with van der Waals surface area (Å²) < 4.78 is 12.1. The van der Waals surface area contributed by atoms with E-state index in [0.29, 0.717) is 24.5 Å². The molecule has 1 aliphatic heterocycles. The highest BCUT2D eigenvalue weighted by Gasteiger charge is 2.20. The van der Waals surface area contributed by atoms with Crippen molar-refractivity contribution in [3.8, 4) is 11.5 Å². The van der Waals surface area contributed by atoms with Crippen LogP contribution in [-0.4, -0.2) is 25.4 Å².